The summed E-state index contributed by atoms with van der Waals surface area (Å²) in [5, 5.41) is 24.9. The molecule has 1 fully saturated rings. The van der Waals surface area contributed by atoms with Crippen molar-refractivity contribution in [3.8, 4) is 17.2 Å². The van der Waals surface area contributed by atoms with Gasteiger partial charge in [0.1, 0.15) is 64.2 Å². The number of ether oxygens (including phenoxy) is 5. The van der Waals surface area contributed by atoms with Crippen LogP contribution in [0.5, 0.6) is 17.2 Å². The molecule has 0 saturated carbocycles. The van der Waals surface area contributed by atoms with Crippen LogP contribution in [0.3, 0.4) is 0 Å². The number of esters is 2. The molecule has 18 nitrogen and oxygen atoms in total. The van der Waals surface area contributed by atoms with Gasteiger partial charge < -0.3 is 44.3 Å². The first-order valence-corrected chi connectivity index (χ1v) is 36.6. The van der Waals surface area contributed by atoms with Crippen LogP contribution in [0.1, 0.15) is 95.2 Å². The van der Waals surface area contributed by atoms with Gasteiger partial charge in [-0.2, -0.15) is 4.57 Å². The summed E-state index contributed by atoms with van der Waals surface area (Å²) in [4.78, 5) is 77.1. The minimum absolute atomic E-state index is 0.0185. The molecule has 3 N–H and O–H groups in total. The second-order valence-corrected chi connectivity index (χ2v) is 28.5. The summed E-state index contributed by atoms with van der Waals surface area (Å²) < 4.78 is 32.3. The number of methoxy groups -OCH3 is 1. The van der Waals surface area contributed by atoms with E-state index in [2.05, 4.69) is 10.6 Å². The minimum atomic E-state index is -1.57. The number of fused-ring (bicyclic) bond motifs is 1. The molecular formula is C83H74N7O11S3+. The third-order valence-corrected chi connectivity index (χ3v) is 20.4. The summed E-state index contributed by atoms with van der Waals surface area (Å²) in [6.07, 6.45) is 1.91. The number of pyridine rings is 2. The summed E-state index contributed by atoms with van der Waals surface area (Å²) >= 11 is 4.06. The molecule has 5 heterocycles. The Morgan fingerprint density at radius 2 is 1.23 bits per heavy atom. The maximum absolute atomic E-state index is 15.7. The number of anilines is 1. The molecule has 13 rings (SSSR count). The van der Waals surface area contributed by atoms with Crippen molar-refractivity contribution in [2.75, 3.05) is 23.9 Å². The van der Waals surface area contributed by atoms with Crippen molar-refractivity contribution in [1.82, 2.24) is 20.2 Å². The quantitative estimate of drug-likeness (QED) is 0.00608. The SMILES string of the molecule is COc1ccc(COC(=O)C2=C(CSc3cc[n+](CC(=O)OC(C)(C)C)cc3)CS[C@@H]3[C@H](NC(=O)C(=NOC(OC(c4ccccc4)c4ccccc4)c4cc(O)c(OC(c5ccccc5)c5ccccc5)cn4)c4csc(NC(c5ccccc5)(c5ccccc5)c5ccccc5)n4)C(=O)N23)cc1. The summed E-state index contributed by atoms with van der Waals surface area (Å²) in [5.74, 6) is -1.54. The molecule has 524 valence electrons. The van der Waals surface area contributed by atoms with Gasteiger partial charge in [-0.1, -0.05) is 230 Å². The number of amides is 2. The number of aromatic nitrogens is 3. The summed E-state index contributed by atoms with van der Waals surface area (Å²) in [7, 11) is 1.57. The molecular weight excluding hydrogens is 1370 g/mol. The van der Waals surface area contributed by atoms with Gasteiger partial charge in [-0.3, -0.25) is 19.5 Å². The average Bonchev–Trinajstić information content (AvgIpc) is 0.936. The van der Waals surface area contributed by atoms with Gasteiger partial charge >= 0.3 is 11.9 Å². The fourth-order valence-electron chi connectivity index (χ4n) is 12.2. The predicted molar refractivity (Wildman–Crippen MR) is 400 cm³/mol. The number of aromatic hydroxyl groups is 1. The Morgan fingerprint density at radius 1 is 0.702 bits per heavy atom. The van der Waals surface area contributed by atoms with E-state index in [4.69, 9.17) is 43.6 Å². The monoisotopic (exact) mass is 1440 g/mol. The number of thioether (sulfide) groups is 2. The number of oxime groups is 1. The molecule has 0 aliphatic carbocycles. The Hall–Kier alpha value is -11.4. The van der Waals surface area contributed by atoms with E-state index in [1.165, 1.54) is 52.0 Å². The maximum atomic E-state index is 15.7. The summed E-state index contributed by atoms with van der Waals surface area (Å²) in [6, 6.07) is 79.3. The van der Waals surface area contributed by atoms with E-state index in [0.717, 1.165) is 43.8 Å². The van der Waals surface area contributed by atoms with Gasteiger partial charge in [0.25, 0.3) is 18.1 Å². The topological polar surface area (TPSA) is 213 Å². The number of carbonyl (C=O) groups is 4. The van der Waals surface area contributed by atoms with Gasteiger partial charge in [0.15, 0.2) is 34.7 Å². The molecule has 2 aliphatic heterocycles. The minimum Gasteiger partial charge on any atom is -0.504 e. The van der Waals surface area contributed by atoms with Crippen LogP contribution in [0.2, 0.25) is 0 Å². The lowest BCUT2D eigenvalue weighted by Crippen LogP contribution is -2.71. The number of thiazole rings is 1. The Labute approximate surface area is 615 Å². The highest BCUT2D eigenvalue weighted by Crippen LogP contribution is 2.45. The number of benzene rings is 8. The van der Waals surface area contributed by atoms with Crippen LogP contribution in [0.25, 0.3) is 0 Å². The Kier molecular flexibility index (Phi) is 22.4. The first-order valence-electron chi connectivity index (χ1n) is 33.6. The number of nitrogens with zero attached hydrogens (tertiary/aromatic N) is 5. The molecule has 1 unspecified atom stereocenters. The zero-order valence-electron chi connectivity index (χ0n) is 57.3. The fraction of sp³-hybridized carbons (Fsp3) is 0.181. The molecule has 2 aliphatic rings. The lowest BCUT2D eigenvalue weighted by atomic mass is 9.77. The first-order chi connectivity index (χ1) is 50.7. The number of nitrogens with one attached hydrogen (secondary N) is 2. The molecule has 8 aromatic carbocycles. The molecule has 0 radical (unpaired) electrons. The third kappa shape index (κ3) is 16.7. The van der Waals surface area contributed by atoms with Crippen molar-refractivity contribution in [3.05, 3.63) is 346 Å². The number of hydrogen-bond donors (Lipinski definition) is 3. The van der Waals surface area contributed by atoms with E-state index >= 15 is 9.59 Å². The van der Waals surface area contributed by atoms with E-state index in [9.17, 15) is 14.7 Å². The van der Waals surface area contributed by atoms with Crippen LogP contribution in [0.4, 0.5) is 5.13 Å². The Bertz CT molecular complexity index is 4640. The van der Waals surface area contributed by atoms with Crippen LogP contribution >= 0.6 is 34.9 Å². The van der Waals surface area contributed by atoms with Gasteiger partial charge in [-0.15, -0.1) is 34.9 Å². The summed E-state index contributed by atoms with van der Waals surface area (Å²) in [6.45, 7) is 5.37. The van der Waals surface area contributed by atoms with Crippen LogP contribution in [-0.4, -0.2) is 85.1 Å². The largest absolute Gasteiger partial charge is 0.504 e. The normalized spacial score (nSPS) is 14.8. The highest BCUT2D eigenvalue weighted by molar-refractivity contribution is 8.01. The van der Waals surface area contributed by atoms with Gasteiger partial charge in [-0.05, 0) is 83.0 Å². The van der Waals surface area contributed by atoms with E-state index in [1.807, 2.05) is 245 Å². The molecule has 104 heavy (non-hydrogen) atoms. The van der Waals surface area contributed by atoms with Gasteiger partial charge in [0.2, 0.25) is 6.54 Å². The van der Waals surface area contributed by atoms with Gasteiger partial charge in [0.05, 0.1) is 13.3 Å². The summed E-state index contributed by atoms with van der Waals surface area (Å²) in [5.41, 5.74) is 5.35. The molecule has 3 aromatic heterocycles. The first kappa shape index (κ1) is 71.1. The van der Waals surface area contributed by atoms with Crippen molar-refractivity contribution in [1.29, 1.82) is 0 Å². The zero-order valence-corrected chi connectivity index (χ0v) is 59.7. The van der Waals surface area contributed by atoms with Crippen molar-refractivity contribution >= 4 is 69.5 Å². The van der Waals surface area contributed by atoms with Gasteiger partial charge in [0, 0.05) is 40.0 Å². The molecule has 11 aromatic rings. The molecule has 1 saturated heterocycles. The molecule has 0 spiro atoms. The van der Waals surface area contributed by atoms with Crippen LogP contribution in [0, 0.1) is 0 Å². The Balaban J connectivity index is 0.864. The van der Waals surface area contributed by atoms with E-state index < -0.39 is 58.8 Å². The lowest BCUT2D eigenvalue weighted by Gasteiger charge is -2.49. The molecule has 21 heteroatoms. The van der Waals surface area contributed by atoms with Crippen LogP contribution in [0.15, 0.2) is 300 Å². The second kappa shape index (κ2) is 32.7. The third-order valence-electron chi connectivity index (χ3n) is 17.2. The highest BCUT2D eigenvalue weighted by atomic mass is 32.2. The second-order valence-electron chi connectivity index (χ2n) is 25.4. The lowest BCUT2D eigenvalue weighted by molar-refractivity contribution is -0.686. The van der Waals surface area contributed by atoms with Crippen LogP contribution in [-0.2, 0) is 56.9 Å². The van der Waals surface area contributed by atoms with Crippen LogP contribution < -0.4 is 24.7 Å². The maximum Gasteiger partial charge on any atom is 0.373 e. The van der Waals surface area contributed by atoms with Crippen molar-refractivity contribution < 1.29 is 57.4 Å². The molecule has 2 amide bonds. The Morgan fingerprint density at radius 3 is 1.75 bits per heavy atom. The number of hydrogen-bond acceptors (Lipinski definition) is 18. The zero-order chi connectivity index (χ0) is 72.0. The van der Waals surface area contributed by atoms with E-state index in [0.29, 0.717) is 27.8 Å². The average molecular weight is 1440 g/mol. The van der Waals surface area contributed by atoms with Crippen molar-refractivity contribution in [2.45, 2.75) is 79.9 Å². The predicted octanol–water partition coefficient (Wildman–Crippen LogP) is 14.9. The van der Waals surface area contributed by atoms with E-state index in [1.54, 1.807) is 53.7 Å². The number of rotatable bonds is 28. The molecule has 3 atom stereocenters. The number of carbonyl (C=O) groups excluding carboxylic acids is 4. The number of β-lactam (4-membered cyclic amide) rings is 1. The van der Waals surface area contributed by atoms with E-state index in [-0.39, 0.29) is 59.2 Å². The van der Waals surface area contributed by atoms with Gasteiger partial charge in [-0.25, -0.2) is 14.6 Å². The smallest absolute Gasteiger partial charge is 0.373 e. The standard InChI is InChI=1S/C83H73N7O11S3/c1-82(2,3)100-70(92)50-89-46-44-65(45-47-89)102-52-60-53-103-78-72(77(94)90(78)73(60)79(95)97-51-55-40-42-64(96-4)43-41-55)86-76(93)71(67-54-104-81(85-67)87-83(61-34-20-9-21-35-61,62-36-22-10-23-37-62)63-38-24-11-25-39-63)88-101-80(99-75(58-30-16-7-17-31-58)59-32-18-8-19-33-59)66-48-68(91)69(49-84-66)98-74(56-26-12-5-13-27-56)57-28-14-6-15-29-57/h5-49,54,72,74-75,78,80H,50-53H2,1-4H3,(H2-,84,85,86,87,91,93)/p+1/t72-,78-,80?/m1/s1. The highest BCUT2D eigenvalue weighted by Gasteiger charge is 2.55. The van der Waals surface area contributed by atoms with Crippen molar-refractivity contribution in [3.63, 3.8) is 0 Å². The molecule has 0 bridgehead atoms. The fourth-order valence-corrected chi connectivity index (χ4v) is 15.3. The van der Waals surface area contributed by atoms with Crippen molar-refractivity contribution in [2.24, 2.45) is 5.16 Å².